The van der Waals surface area contributed by atoms with E-state index < -0.39 is 0 Å². The maximum Gasteiger partial charge on any atom is 0.137 e. The summed E-state index contributed by atoms with van der Waals surface area (Å²) in [5.74, 6) is 0.345. The van der Waals surface area contributed by atoms with Crippen molar-refractivity contribution in [3.63, 3.8) is 0 Å². The first-order chi connectivity index (χ1) is 6.69. The monoisotopic (exact) mass is 190 g/mol. The van der Waals surface area contributed by atoms with E-state index in [-0.39, 0.29) is 11.7 Å². The summed E-state index contributed by atoms with van der Waals surface area (Å²) >= 11 is 0. The molecule has 0 amide bonds. The zero-order valence-corrected chi connectivity index (χ0v) is 9.21. The summed E-state index contributed by atoms with van der Waals surface area (Å²) in [6.45, 7) is 5.86. The third-order valence-electron chi connectivity index (χ3n) is 2.69. The number of Topliss-reactive ketones (excluding diaryl/α,β-unsaturated/α-hetero) is 1. The SMILES string of the molecule is CCc1ccc(C(CC)C(C)=O)cc1. The predicted molar refractivity (Wildman–Crippen MR) is 59.5 cm³/mol. The van der Waals surface area contributed by atoms with Gasteiger partial charge in [-0.15, -0.1) is 0 Å². The van der Waals surface area contributed by atoms with Gasteiger partial charge in [0.1, 0.15) is 5.78 Å². The van der Waals surface area contributed by atoms with E-state index in [0.717, 1.165) is 18.4 Å². The van der Waals surface area contributed by atoms with E-state index in [1.807, 2.05) is 0 Å². The fourth-order valence-electron chi connectivity index (χ4n) is 1.74. The summed E-state index contributed by atoms with van der Waals surface area (Å²) in [7, 11) is 0. The van der Waals surface area contributed by atoms with E-state index >= 15 is 0 Å². The van der Waals surface area contributed by atoms with Gasteiger partial charge in [0, 0.05) is 5.92 Å². The average Bonchev–Trinajstić information content (AvgIpc) is 2.19. The van der Waals surface area contributed by atoms with Crippen molar-refractivity contribution in [3.05, 3.63) is 35.4 Å². The number of carbonyl (C=O) groups is 1. The molecule has 0 spiro atoms. The summed E-state index contributed by atoms with van der Waals surface area (Å²) in [6, 6.07) is 8.38. The highest BCUT2D eigenvalue weighted by atomic mass is 16.1. The fraction of sp³-hybridized carbons (Fsp3) is 0.462. The van der Waals surface area contributed by atoms with Crippen LogP contribution in [-0.4, -0.2) is 5.78 Å². The maximum atomic E-state index is 11.3. The van der Waals surface area contributed by atoms with Crippen LogP contribution in [0.3, 0.4) is 0 Å². The molecule has 0 bridgehead atoms. The molecule has 0 saturated carbocycles. The highest BCUT2D eigenvalue weighted by Gasteiger charge is 2.13. The van der Waals surface area contributed by atoms with Crippen LogP contribution in [0.15, 0.2) is 24.3 Å². The molecule has 0 heterocycles. The molecule has 0 aliphatic heterocycles. The summed E-state index contributed by atoms with van der Waals surface area (Å²) in [5, 5.41) is 0. The Bertz CT molecular complexity index is 298. The Morgan fingerprint density at radius 1 is 1.21 bits per heavy atom. The first kappa shape index (κ1) is 11.0. The quantitative estimate of drug-likeness (QED) is 0.711. The van der Waals surface area contributed by atoms with Crippen LogP contribution in [0.2, 0.25) is 0 Å². The number of ketones is 1. The van der Waals surface area contributed by atoms with Gasteiger partial charge in [0.05, 0.1) is 0 Å². The zero-order valence-electron chi connectivity index (χ0n) is 9.21. The molecule has 1 rings (SSSR count). The summed E-state index contributed by atoms with van der Waals surface area (Å²) < 4.78 is 0. The van der Waals surface area contributed by atoms with Gasteiger partial charge in [-0.05, 0) is 30.9 Å². The van der Waals surface area contributed by atoms with Crippen LogP contribution in [0.25, 0.3) is 0 Å². The lowest BCUT2D eigenvalue weighted by Crippen LogP contribution is -2.07. The Labute approximate surface area is 86.1 Å². The van der Waals surface area contributed by atoms with Gasteiger partial charge in [-0.25, -0.2) is 0 Å². The van der Waals surface area contributed by atoms with Gasteiger partial charge in [-0.3, -0.25) is 4.79 Å². The van der Waals surface area contributed by atoms with E-state index in [2.05, 4.69) is 38.1 Å². The minimum Gasteiger partial charge on any atom is -0.299 e. The molecule has 0 fully saturated rings. The molecule has 14 heavy (non-hydrogen) atoms. The van der Waals surface area contributed by atoms with Crippen molar-refractivity contribution in [2.24, 2.45) is 0 Å². The molecule has 0 radical (unpaired) electrons. The molecule has 1 atom stereocenters. The number of carbonyl (C=O) groups excluding carboxylic acids is 1. The molecular formula is C13H18O. The standard InChI is InChI=1S/C13H18O/c1-4-11-6-8-12(9-7-11)13(5-2)10(3)14/h6-9,13H,4-5H2,1-3H3. The second kappa shape index (κ2) is 4.94. The van der Waals surface area contributed by atoms with E-state index in [1.165, 1.54) is 5.56 Å². The molecular weight excluding hydrogens is 172 g/mol. The molecule has 1 aromatic carbocycles. The third-order valence-corrected chi connectivity index (χ3v) is 2.69. The topological polar surface area (TPSA) is 17.1 Å². The minimum absolute atomic E-state index is 0.0842. The van der Waals surface area contributed by atoms with Crippen LogP contribution in [0.4, 0.5) is 0 Å². The minimum atomic E-state index is 0.0842. The van der Waals surface area contributed by atoms with Crippen molar-refractivity contribution in [3.8, 4) is 0 Å². The second-order valence-corrected chi connectivity index (χ2v) is 3.67. The molecule has 0 saturated heterocycles. The van der Waals surface area contributed by atoms with Gasteiger partial charge in [0.25, 0.3) is 0 Å². The third kappa shape index (κ3) is 2.44. The van der Waals surface area contributed by atoms with Gasteiger partial charge in [-0.1, -0.05) is 38.1 Å². The Morgan fingerprint density at radius 3 is 2.14 bits per heavy atom. The lowest BCUT2D eigenvalue weighted by Gasteiger charge is -2.11. The first-order valence-corrected chi connectivity index (χ1v) is 5.28. The van der Waals surface area contributed by atoms with Crippen molar-refractivity contribution < 1.29 is 4.79 Å². The van der Waals surface area contributed by atoms with Crippen LogP contribution >= 0.6 is 0 Å². The van der Waals surface area contributed by atoms with Crippen molar-refractivity contribution >= 4 is 5.78 Å². The average molecular weight is 190 g/mol. The molecule has 0 N–H and O–H groups in total. The van der Waals surface area contributed by atoms with E-state index in [0.29, 0.717) is 0 Å². The highest BCUT2D eigenvalue weighted by Crippen LogP contribution is 2.20. The van der Waals surface area contributed by atoms with Crippen LogP contribution in [0, 0.1) is 0 Å². The van der Waals surface area contributed by atoms with Crippen LogP contribution < -0.4 is 0 Å². The molecule has 0 aliphatic rings. The van der Waals surface area contributed by atoms with Crippen molar-refractivity contribution in [1.82, 2.24) is 0 Å². The largest absolute Gasteiger partial charge is 0.299 e. The van der Waals surface area contributed by atoms with Crippen molar-refractivity contribution in [2.75, 3.05) is 0 Å². The van der Waals surface area contributed by atoms with Crippen molar-refractivity contribution in [1.29, 1.82) is 0 Å². The van der Waals surface area contributed by atoms with Crippen molar-refractivity contribution in [2.45, 2.75) is 39.5 Å². The van der Waals surface area contributed by atoms with Crippen LogP contribution in [-0.2, 0) is 11.2 Å². The molecule has 1 aromatic rings. The Balaban J connectivity index is 2.89. The van der Waals surface area contributed by atoms with Gasteiger partial charge in [0.2, 0.25) is 0 Å². The van der Waals surface area contributed by atoms with E-state index in [1.54, 1.807) is 6.92 Å². The lowest BCUT2D eigenvalue weighted by atomic mass is 9.92. The summed E-state index contributed by atoms with van der Waals surface area (Å²) in [6.07, 6.45) is 1.94. The van der Waals surface area contributed by atoms with E-state index in [4.69, 9.17) is 0 Å². The Morgan fingerprint density at radius 2 is 1.79 bits per heavy atom. The first-order valence-electron chi connectivity index (χ1n) is 5.28. The highest BCUT2D eigenvalue weighted by molar-refractivity contribution is 5.83. The van der Waals surface area contributed by atoms with E-state index in [9.17, 15) is 4.79 Å². The predicted octanol–water partition coefficient (Wildman–Crippen LogP) is 3.33. The van der Waals surface area contributed by atoms with Gasteiger partial charge in [0.15, 0.2) is 0 Å². The number of hydrogen-bond donors (Lipinski definition) is 0. The molecule has 76 valence electrons. The summed E-state index contributed by atoms with van der Waals surface area (Å²) in [5.41, 5.74) is 2.48. The summed E-state index contributed by atoms with van der Waals surface area (Å²) in [4.78, 5) is 11.3. The van der Waals surface area contributed by atoms with Gasteiger partial charge in [-0.2, -0.15) is 0 Å². The van der Waals surface area contributed by atoms with Crippen LogP contribution in [0.5, 0.6) is 0 Å². The second-order valence-electron chi connectivity index (χ2n) is 3.67. The normalized spacial score (nSPS) is 12.5. The number of aryl methyl sites for hydroxylation is 1. The smallest absolute Gasteiger partial charge is 0.137 e. The molecule has 1 heteroatoms. The number of benzene rings is 1. The molecule has 1 unspecified atom stereocenters. The molecule has 1 nitrogen and oxygen atoms in total. The zero-order chi connectivity index (χ0) is 10.6. The number of hydrogen-bond acceptors (Lipinski definition) is 1. The maximum absolute atomic E-state index is 11.3. The molecule has 0 aromatic heterocycles. The van der Waals surface area contributed by atoms with Gasteiger partial charge >= 0.3 is 0 Å². The van der Waals surface area contributed by atoms with Gasteiger partial charge < -0.3 is 0 Å². The lowest BCUT2D eigenvalue weighted by molar-refractivity contribution is -0.118. The Hall–Kier alpha value is -1.11. The Kier molecular flexibility index (Phi) is 3.87. The van der Waals surface area contributed by atoms with Crippen LogP contribution in [0.1, 0.15) is 44.2 Å². The fourth-order valence-corrected chi connectivity index (χ4v) is 1.74. The number of rotatable bonds is 4. The molecule has 0 aliphatic carbocycles.